The van der Waals surface area contributed by atoms with Crippen LogP contribution in [0.15, 0.2) is 0 Å². The molecule has 0 bridgehead atoms. The standard InChI is InChI=1S/C13H28O2/c1-4-7-8-9-11-14-15-12-13(6-3)10-5-2/h13H,4-12H2,1-3H3. The van der Waals surface area contributed by atoms with Crippen LogP contribution in [0.4, 0.5) is 0 Å². The Morgan fingerprint density at radius 3 is 2.27 bits per heavy atom. The van der Waals surface area contributed by atoms with Crippen LogP contribution in [0.3, 0.4) is 0 Å². The van der Waals surface area contributed by atoms with Crippen molar-refractivity contribution >= 4 is 0 Å². The van der Waals surface area contributed by atoms with E-state index in [4.69, 9.17) is 9.78 Å². The number of hydrogen-bond acceptors (Lipinski definition) is 2. The smallest absolute Gasteiger partial charge is 0.0850 e. The number of unbranched alkanes of at least 4 members (excludes halogenated alkanes) is 3. The zero-order valence-electron chi connectivity index (χ0n) is 10.8. The van der Waals surface area contributed by atoms with Crippen molar-refractivity contribution < 1.29 is 9.78 Å². The van der Waals surface area contributed by atoms with E-state index in [2.05, 4.69) is 20.8 Å². The first-order chi connectivity index (χ1) is 7.35. The van der Waals surface area contributed by atoms with E-state index >= 15 is 0 Å². The Balaban J connectivity index is 3.14. The van der Waals surface area contributed by atoms with Crippen molar-refractivity contribution in [2.45, 2.75) is 65.7 Å². The zero-order chi connectivity index (χ0) is 11.4. The fraction of sp³-hybridized carbons (Fsp3) is 1.00. The molecule has 0 amide bonds. The lowest BCUT2D eigenvalue weighted by Crippen LogP contribution is -2.09. The largest absolute Gasteiger partial charge is 0.237 e. The van der Waals surface area contributed by atoms with Crippen molar-refractivity contribution in [1.82, 2.24) is 0 Å². The van der Waals surface area contributed by atoms with Gasteiger partial charge in [-0.3, -0.25) is 0 Å². The summed E-state index contributed by atoms with van der Waals surface area (Å²) in [5, 5.41) is 0. The second kappa shape index (κ2) is 12.0. The van der Waals surface area contributed by atoms with Gasteiger partial charge in [-0.2, -0.15) is 0 Å². The molecule has 2 heteroatoms. The summed E-state index contributed by atoms with van der Waals surface area (Å²) in [4.78, 5) is 10.4. The summed E-state index contributed by atoms with van der Waals surface area (Å²) in [5.41, 5.74) is 0. The molecule has 15 heavy (non-hydrogen) atoms. The maximum Gasteiger partial charge on any atom is 0.0850 e. The fourth-order valence-electron chi connectivity index (χ4n) is 1.60. The third kappa shape index (κ3) is 10.2. The zero-order valence-corrected chi connectivity index (χ0v) is 10.8. The summed E-state index contributed by atoms with van der Waals surface area (Å²) in [5.74, 6) is 0.672. The average Bonchev–Trinajstić information content (AvgIpc) is 2.26. The summed E-state index contributed by atoms with van der Waals surface area (Å²) < 4.78 is 0. The number of rotatable bonds is 11. The lowest BCUT2D eigenvalue weighted by atomic mass is 10.0. The SMILES string of the molecule is CCCCCCOOCC(CC)CCC. The molecule has 1 unspecified atom stereocenters. The van der Waals surface area contributed by atoms with Gasteiger partial charge in [0.1, 0.15) is 0 Å². The molecule has 0 aliphatic heterocycles. The lowest BCUT2D eigenvalue weighted by Gasteiger charge is -2.12. The fourth-order valence-corrected chi connectivity index (χ4v) is 1.60. The molecule has 0 saturated carbocycles. The Hall–Kier alpha value is -0.0800. The minimum Gasteiger partial charge on any atom is -0.237 e. The molecule has 0 spiro atoms. The van der Waals surface area contributed by atoms with Crippen LogP contribution in [0.25, 0.3) is 0 Å². The van der Waals surface area contributed by atoms with E-state index in [1.807, 2.05) is 0 Å². The van der Waals surface area contributed by atoms with Crippen molar-refractivity contribution in [3.05, 3.63) is 0 Å². The van der Waals surface area contributed by atoms with Crippen molar-refractivity contribution in [3.8, 4) is 0 Å². The third-order valence-electron chi connectivity index (χ3n) is 2.74. The van der Waals surface area contributed by atoms with Crippen LogP contribution in [0.5, 0.6) is 0 Å². The van der Waals surface area contributed by atoms with Crippen molar-refractivity contribution in [3.63, 3.8) is 0 Å². The topological polar surface area (TPSA) is 18.5 Å². The minimum absolute atomic E-state index is 0.672. The quantitative estimate of drug-likeness (QED) is 0.290. The van der Waals surface area contributed by atoms with Crippen LogP contribution in [-0.4, -0.2) is 13.2 Å². The van der Waals surface area contributed by atoms with Gasteiger partial charge in [-0.25, -0.2) is 9.78 Å². The first kappa shape index (κ1) is 14.9. The molecule has 2 nitrogen and oxygen atoms in total. The van der Waals surface area contributed by atoms with Crippen molar-refractivity contribution in [2.75, 3.05) is 13.2 Å². The van der Waals surface area contributed by atoms with Gasteiger partial charge < -0.3 is 0 Å². The van der Waals surface area contributed by atoms with Gasteiger partial charge in [0, 0.05) is 0 Å². The predicted molar refractivity (Wildman–Crippen MR) is 64.7 cm³/mol. The van der Waals surface area contributed by atoms with Gasteiger partial charge in [-0.15, -0.1) is 0 Å². The van der Waals surface area contributed by atoms with Crippen LogP contribution in [-0.2, 0) is 9.78 Å². The highest BCUT2D eigenvalue weighted by Gasteiger charge is 2.05. The van der Waals surface area contributed by atoms with E-state index in [1.54, 1.807) is 0 Å². The monoisotopic (exact) mass is 216 g/mol. The third-order valence-corrected chi connectivity index (χ3v) is 2.74. The van der Waals surface area contributed by atoms with E-state index in [-0.39, 0.29) is 0 Å². The molecule has 0 heterocycles. The highest BCUT2D eigenvalue weighted by atomic mass is 17.2. The second-order valence-corrected chi connectivity index (χ2v) is 4.23. The summed E-state index contributed by atoms with van der Waals surface area (Å²) in [6, 6.07) is 0. The highest BCUT2D eigenvalue weighted by molar-refractivity contribution is 4.53. The molecule has 0 N–H and O–H groups in total. The summed E-state index contributed by atoms with van der Waals surface area (Å²) >= 11 is 0. The van der Waals surface area contributed by atoms with Crippen LogP contribution in [0.1, 0.15) is 65.7 Å². The normalized spacial score (nSPS) is 13.0. The van der Waals surface area contributed by atoms with Gasteiger partial charge in [0.2, 0.25) is 0 Å². The van der Waals surface area contributed by atoms with Crippen molar-refractivity contribution in [1.29, 1.82) is 0 Å². The van der Waals surface area contributed by atoms with E-state index in [0.29, 0.717) is 5.92 Å². The molecule has 0 rings (SSSR count). The van der Waals surface area contributed by atoms with Crippen molar-refractivity contribution in [2.24, 2.45) is 5.92 Å². The van der Waals surface area contributed by atoms with Gasteiger partial charge in [0.25, 0.3) is 0 Å². The van der Waals surface area contributed by atoms with Gasteiger partial charge in [0.15, 0.2) is 0 Å². The molecule has 0 fully saturated rings. The Kier molecular flexibility index (Phi) is 11.9. The maximum atomic E-state index is 5.22. The van der Waals surface area contributed by atoms with Crippen LogP contribution < -0.4 is 0 Å². The summed E-state index contributed by atoms with van der Waals surface area (Å²) in [7, 11) is 0. The Morgan fingerprint density at radius 1 is 0.867 bits per heavy atom. The molecule has 0 aromatic rings. The van der Waals surface area contributed by atoms with E-state index < -0.39 is 0 Å². The molecular formula is C13H28O2. The summed E-state index contributed by atoms with van der Waals surface area (Å²) in [6.07, 6.45) is 8.62. The van der Waals surface area contributed by atoms with Gasteiger partial charge >= 0.3 is 0 Å². The Bertz CT molecular complexity index is 115. The molecule has 0 radical (unpaired) electrons. The molecule has 92 valence electrons. The van der Waals surface area contributed by atoms with E-state index in [9.17, 15) is 0 Å². The molecule has 1 atom stereocenters. The van der Waals surface area contributed by atoms with Gasteiger partial charge in [-0.1, -0.05) is 52.9 Å². The molecule has 0 aromatic carbocycles. The molecule has 0 aliphatic rings. The lowest BCUT2D eigenvalue weighted by molar-refractivity contribution is -0.302. The minimum atomic E-state index is 0.672. The molecule has 0 aliphatic carbocycles. The maximum absolute atomic E-state index is 5.22. The molecular weight excluding hydrogens is 188 g/mol. The van der Waals surface area contributed by atoms with E-state index in [0.717, 1.165) is 19.6 Å². The first-order valence-electron chi connectivity index (χ1n) is 6.59. The predicted octanol–water partition coefficient (Wildman–Crippen LogP) is 4.34. The average molecular weight is 216 g/mol. The first-order valence-corrected chi connectivity index (χ1v) is 6.59. The Morgan fingerprint density at radius 2 is 1.67 bits per heavy atom. The highest BCUT2D eigenvalue weighted by Crippen LogP contribution is 2.11. The van der Waals surface area contributed by atoms with Crippen LogP contribution in [0.2, 0.25) is 0 Å². The van der Waals surface area contributed by atoms with Gasteiger partial charge in [-0.05, 0) is 18.8 Å². The van der Waals surface area contributed by atoms with E-state index in [1.165, 1.54) is 38.5 Å². The number of hydrogen-bond donors (Lipinski definition) is 0. The van der Waals surface area contributed by atoms with Crippen LogP contribution in [0, 0.1) is 5.92 Å². The van der Waals surface area contributed by atoms with Gasteiger partial charge in [0.05, 0.1) is 13.2 Å². The van der Waals surface area contributed by atoms with Crippen LogP contribution >= 0.6 is 0 Å². The Labute approximate surface area is 95.3 Å². The molecule has 0 aromatic heterocycles. The second-order valence-electron chi connectivity index (χ2n) is 4.23. The summed E-state index contributed by atoms with van der Waals surface area (Å²) in [6.45, 7) is 8.16. The molecule has 0 saturated heterocycles.